The number of nitrogens with one attached hydrogen (secondary N) is 1. The highest BCUT2D eigenvalue weighted by atomic mass is 79.9. The number of amides is 2. The number of piperidine rings is 1. The van der Waals surface area contributed by atoms with Gasteiger partial charge in [-0.3, -0.25) is 4.98 Å². The minimum absolute atomic E-state index is 0.0706. The molecule has 1 saturated heterocycles. The van der Waals surface area contributed by atoms with Gasteiger partial charge in [-0.25, -0.2) is 9.59 Å². The van der Waals surface area contributed by atoms with Crippen LogP contribution in [0.4, 0.5) is 9.59 Å². The van der Waals surface area contributed by atoms with Crippen molar-refractivity contribution in [1.82, 2.24) is 15.2 Å². The molecule has 8 heteroatoms. The van der Waals surface area contributed by atoms with Crippen molar-refractivity contribution in [1.29, 1.82) is 0 Å². The standard InChI is InChI=1S/C20H28BrN3O4/c1-18(2,3)27-16(25)23-20(15-8-7-12(21)9-22-15)13-10-24(11-14(13)20)17(26)28-19(4,5)6/h7-9,13-14H,10-11H2,1-6H3,(H,23,25)/t13-,14+,20?. The average Bonchev–Trinajstić information content (AvgIpc) is 2.89. The fraction of sp³-hybridized carbons (Fsp3) is 0.650. The summed E-state index contributed by atoms with van der Waals surface area (Å²) in [6.45, 7) is 12.0. The Hall–Kier alpha value is -1.83. The quantitative estimate of drug-likeness (QED) is 0.729. The lowest BCUT2D eigenvalue weighted by atomic mass is 10.1. The number of hydrogen-bond acceptors (Lipinski definition) is 5. The number of alkyl carbamates (subject to hydrolysis) is 1. The molecule has 7 nitrogen and oxygen atoms in total. The van der Waals surface area contributed by atoms with Crippen LogP contribution in [-0.4, -0.2) is 46.4 Å². The van der Waals surface area contributed by atoms with Crippen LogP contribution in [-0.2, 0) is 15.0 Å². The van der Waals surface area contributed by atoms with E-state index >= 15 is 0 Å². The number of fused-ring (bicyclic) bond motifs is 1. The zero-order chi connectivity index (χ0) is 20.9. The highest BCUT2D eigenvalue weighted by Gasteiger charge is 2.72. The van der Waals surface area contributed by atoms with E-state index in [4.69, 9.17) is 9.47 Å². The first-order valence-electron chi connectivity index (χ1n) is 9.43. The van der Waals surface area contributed by atoms with Crippen LogP contribution in [0.3, 0.4) is 0 Å². The summed E-state index contributed by atoms with van der Waals surface area (Å²) in [6, 6.07) is 3.80. The molecule has 2 fully saturated rings. The monoisotopic (exact) mass is 453 g/mol. The van der Waals surface area contributed by atoms with Gasteiger partial charge in [0.15, 0.2) is 0 Å². The number of aromatic nitrogens is 1. The molecule has 1 N–H and O–H groups in total. The Kier molecular flexibility index (Phi) is 5.15. The van der Waals surface area contributed by atoms with Crippen molar-refractivity contribution < 1.29 is 19.1 Å². The molecular formula is C20H28BrN3O4. The normalized spacial score (nSPS) is 26.5. The van der Waals surface area contributed by atoms with E-state index in [1.807, 2.05) is 53.7 Å². The predicted molar refractivity (Wildman–Crippen MR) is 108 cm³/mol. The van der Waals surface area contributed by atoms with Gasteiger partial charge in [-0.05, 0) is 69.6 Å². The van der Waals surface area contributed by atoms with Gasteiger partial charge < -0.3 is 19.7 Å². The zero-order valence-corrected chi connectivity index (χ0v) is 18.8. The SMILES string of the molecule is CC(C)(C)OC(=O)NC1(c2ccc(Br)cn2)[C@@H]2CN(C(=O)OC(C)(C)C)C[C@@H]21. The van der Waals surface area contributed by atoms with Gasteiger partial charge in [0.05, 0.1) is 11.2 Å². The third-order valence-corrected chi connectivity index (χ3v) is 5.36. The van der Waals surface area contributed by atoms with Gasteiger partial charge in [0.25, 0.3) is 0 Å². The second-order valence-corrected chi connectivity index (χ2v) is 10.4. The summed E-state index contributed by atoms with van der Waals surface area (Å²) >= 11 is 3.40. The van der Waals surface area contributed by atoms with Crippen molar-refractivity contribution in [3.8, 4) is 0 Å². The van der Waals surface area contributed by atoms with Gasteiger partial charge in [0.2, 0.25) is 0 Å². The summed E-state index contributed by atoms with van der Waals surface area (Å²) < 4.78 is 11.8. The fourth-order valence-electron chi connectivity index (χ4n) is 3.83. The smallest absolute Gasteiger partial charge is 0.410 e. The second-order valence-electron chi connectivity index (χ2n) is 9.46. The van der Waals surface area contributed by atoms with Crippen LogP contribution >= 0.6 is 15.9 Å². The first-order valence-corrected chi connectivity index (χ1v) is 10.2. The van der Waals surface area contributed by atoms with Crippen LogP contribution in [0.5, 0.6) is 0 Å². The lowest BCUT2D eigenvalue weighted by molar-refractivity contribution is 0.0249. The van der Waals surface area contributed by atoms with Gasteiger partial charge in [0, 0.05) is 35.6 Å². The van der Waals surface area contributed by atoms with E-state index in [0.717, 1.165) is 10.2 Å². The first-order chi connectivity index (χ1) is 12.8. The third kappa shape index (κ3) is 4.26. The number of hydrogen-bond donors (Lipinski definition) is 1. The Bertz CT molecular complexity index is 755. The zero-order valence-electron chi connectivity index (χ0n) is 17.2. The number of carbonyl (C=O) groups is 2. The van der Waals surface area contributed by atoms with Gasteiger partial charge in [-0.2, -0.15) is 0 Å². The topological polar surface area (TPSA) is 80.8 Å². The van der Waals surface area contributed by atoms with Crippen LogP contribution in [0.15, 0.2) is 22.8 Å². The Morgan fingerprint density at radius 3 is 2.14 bits per heavy atom. The summed E-state index contributed by atoms with van der Waals surface area (Å²) in [4.78, 5) is 31.1. The van der Waals surface area contributed by atoms with Crippen LogP contribution < -0.4 is 5.32 Å². The predicted octanol–water partition coefficient (Wildman–Crippen LogP) is 4.06. The molecule has 1 aromatic rings. The Labute approximate surface area is 174 Å². The number of halogens is 1. The van der Waals surface area contributed by atoms with E-state index in [-0.39, 0.29) is 17.9 Å². The number of rotatable bonds is 2. The number of carbonyl (C=O) groups excluding carboxylic acids is 2. The molecule has 1 aliphatic heterocycles. The molecule has 3 rings (SSSR count). The number of nitrogens with zero attached hydrogens (tertiary/aromatic N) is 2. The minimum Gasteiger partial charge on any atom is -0.444 e. The molecule has 0 spiro atoms. The van der Waals surface area contributed by atoms with E-state index in [0.29, 0.717) is 13.1 Å². The van der Waals surface area contributed by atoms with Gasteiger partial charge >= 0.3 is 12.2 Å². The van der Waals surface area contributed by atoms with Crippen LogP contribution in [0.1, 0.15) is 47.2 Å². The number of likely N-dealkylation sites (tertiary alicyclic amines) is 1. The number of pyridine rings is 1. The maximum atomic E-state index is 12.5. The molecule has 2 heterocycles. The molecule has 0 aromatic carbocycles. The average molecular weight is 454 g/mol. The molecule has 1 unspecified atom stereocenters. The summed E-state index contributed by atoms with van der Waals surface area (Å²) in [7, 11) is 0. The Morgan fingerprint density at radius 1 is 1.11 bits per heavy atom. The van der Waals surface area contributed by atoms with Gasteiger partial charge in [-0.15, -0.1) is 0 Å². The molecule has 2 aliphatic rings. The highest BCUT2D eigenvalue weighted by Crippen LogP contribution is 2.61. The molecule has 1 aliphatic carbocycles. The van der Waals surface area contributed by atoms with Crippen LogP contribution in [0.25, 0.3) is 0 Å². The first kappa shape index (κ1) is 20.9. The van der Waals surface area contributed by atoms with E-state index in [1.54, 1.807) is 11.1 Å². The maximum Gasteiger partial charge on any atom is 0.410 e. The van der Waals surface area contributed by atoms with Gasteiger partial charge in [-0.1, -0.05) is 0 Å². The Balaban J connectivity index is 1.78. The molecule has 2 amide bonds. The largest absolute Gasteiger partial charge is 0.444 e. The van der Waals surface area contributed by atoms with Crippen LogP contribution in [0.2, 0.25) is 0 Å². The third-order valence-electron chi connectivity index (χ3n) is 4.89. The fourth-order valence-corrected chi connectivity index (χ4v) is 4.06. The molecule has 0 bridgehead atoms. The van der Waals surface area contributed by atoms with E-state index in [1.165, 1.54) is 0 Å². The van der Waals surface area contributed by atoms with E-state index in [9.17, 15) is 9.59 Å². The second kappa shape index (κ2) is 6.90. The molecular weight excluding hydrogens is 426 g/mol. The van der Waals surface area contributed by atoms with Crippen molar-refractivity contribution >= 4 is 28.1 Å². The van der Waals surface area contributed by atoms with Crippen LogP contribution in [0, 0.1) is 11.8 Å². The summed E-state index contributed by atoms with van der Waals surface area (Å²) in [5, 5.41) is 3.05. The van der Waals surface area contributed by atoms with Crippen molar-refractivity contribution in [2.75, 3.05) is 13.1 Å². The van der Waals surface area contributed by atoms with Crippen molar-refractivity contribution in [3.05, 3.63) is 28.5 Å². The summed E-state index contributed by atoms with van der Waals surface area (Å²) in [5.41, 5.74) is -0.976. The number of ether oxygens (including phenoxy) is 2. The molecule has 1 aromatic heterocycles. The maximum absolute atomic E-state index is 12.5. The lowest BCUT2D eigenvalue weighted by Crippen LogP contribution is -2.47. The molecule has 3 atom stereocenters. The lowest BCUT2D eigenvalue weighted by Gasteiger charge is -2.30. The van der Waals surface area contributed by atoms with E-state index in [2.05, 4.69) is 26.2 Å². The Morgan fingerprint density at radius 2 is 1.68 bits per heavy atom. The molecule has 1 saturated carbocycles. The highest BCUT2D eigenvalue weighted by molar-refractivity contribution is 9.10. The summed E-state index contributed by atoms with van der Waals surface area (Å²) in [5.74, 6) is 0.141. The van der Waals surface area contributed by atoms with Crippen molar-refractivity contribution in [2.24, 2.45) is 11.8 Å². The molecule has 0 radical (unpaired) electrons. The van der Waals surface area contributed by atoms with Crippen molar-refractivity contribution in [2.45, 2.75) is 58.3 Å². The minimum atomic E-state index is -0.623. The molecule has 28 heavy (non-hydrogen) atoms. The molecule has 154 valence electrons. The van der Waals surface area contributed by atoms with Crippen molar-refractivity contribution in [3.63, 3.8) is 0 Å². The van der Waals surface area contributed by atoms with Gasteiger partial charge in [0.1, 0.15) is 11.2 Å². The van der Waals surface area contributed by atoms with E-state index < -0.39 is 22.8 Å². The summed E-state index contributed by atoms with van der Waals surface area (Å²) in [6.07, 6.45) is 0.915.